The zero-order valence-corrected chi connectivity index (χ0v) is 10.2. The second kappa shape index (κ2) is 6.27. The lowest BCUT2D eigenvalue weighted by molar-refractivity contribution is 0.215. The molecule has 1 rings (SSSR count). The number of nitrogens with zero attached hydrogens (tertiary/aromatic N) is 3. The summed E-state index contributed by atoms with van der Waals surface area (Å²) >= 11 is 5.71. The van der Waals surface area contributed by atoms with Crippen molar-refractivity contribution >= 4 is 11.6 Å². The molecule has 0 aliphatic heterocycles. The van der Waals surface area contributed by atoms with Crippen LogP contribution in [0.1, 0.15) is 20.8 Å². The van der Waals surface area contributed by atoms with Crippen molar-refractivity contribution in [3.8, 4) is 12.0 Å². The number of halogens is 1. The summed E-state index contributed by atoms with van der Waals surface area (Å²) in [6, 6.07) is 0.333. The van der Waals surface area contributed by atoms with Crippen LogP contribution in [0.5, 0.6) is 12.0 Å². The van der Waals surface area contributed by atoms with E-state index in [1.165, 1.54) is 0 Å². The summed E-state index contributed by atoms with van der Waals surface area (Å²) in [5, 5.41) is 0.0566. The van der Waals surface area contributed by atoms with Crippen LogP contribution in [0, 0.1) is 0 Å². The van der Waals surface area contributed by atoms with Crippen LogP contribution in [0.25, 0.3) is 0 Å². The van der Waals surface area contributed by atoms with Crippen LogP contribution in [0.4, 0.5) is 0 Å². The fraction of sp³-hybridized carbons (Fsp3) is 0.500. The number of hydrogen-bond donors (Lipinski definition) is 0. The van der Waals surface area contributed by atoms with Gasteiger partial charge in [0.1, 0.15) is 6.61 Å². The fourth-order valence-corrected chi connectivity index (χ4v) is 1.01. The molecule has 0 aliphatic rings. The molecule has 5 nitrogen and oxygen atoms in total. The molecule has 0 atom stereocenters. The molecule has 88 valence electrons. The van der Waals surface area contributed by atoms with Gasteiger partial charge in [0.15, 0.2) is 0 Å². The Balaban J connectivity index is 2.73. The normalized spacial score (nSPS) is 11.1. The molecule has 0 saturated heterocycles. The Labute approximate surface area is 99.5 Å². The smallest absolute Gasteiger partial charge is 0.324 e. The van der Waals surface area contributed by atoms with Gasteiger partial charge in [0.2, 0.25) is 5.28 Å². The lowest BCUT2D eigenvalue weighted by Crippen LogP contribution is -2.10. The van der Waals surface area contributed by atoms with Crippen molar-refractivity contribution < 1.29 is 9.47 Å². The first kappa shape index (κ1) is 12.7. The molecular weight excluding hydrogens is 230 g/mol. The second-order valence-electron chi connectivity index (χ2n) is 3.22. The van der Waals surface area contributed by atoms with E-state index in [2.05, 4.69) is 15.0 Å². The monoisotopic (exact) mass is 243 g/mol. The topological polar surface area (TPSA) is 57.1 Å². The highest BCUT2D eigenvalue weighted by atomic mass is 35.5. The molecule has 0 fully saturated rings. The van der Waals surface area contributed by atoms with Crippen LogP contribution >= 0.6 is 11.6 Å². The van der Waals surface area contributed by atoms with Crippen molar-refractivity contribution in [1.82, 2.24) is 15.0 Å². The summed E-state index contributed by atoms with van der Waals surface area (Å²) in [6.07, 6.45) is 3.68. The Kier molecular flexibility index (Phi) is 4.98. The molecule has 1 aromatic heterocycles. The maximum Gasteiger partial charge on any atom is 0.324 e. The van der Waals surface area contributed by atoms with E-state index in [0.29, 0.717) is 6.61 Å². The zero-order valence-electron chi connectivity index (χ0n) is 9.48. The number of rotatable bonds is 5. The molecule has 0 bridgehead atoms. The van der Waals surface area contributed by atoms with Gasteiger partial charge in [-0.15, -0.1) is 4.98 Å². The molecule has 1 heterocycles. The van der Waals surface area contributed by atoms with Gasteiger partial charge in [-0.05, 0) is 32.4 Å². The summed E-state index contributed by atoms with van der Waals surface area (Å²) in [5.74, 6) is 0. The molecule has 0 aromatic carbocycles. The van der Waals surface area contributed by atoms with Gasteiger partial charge in [-0.2, -0.15) is 9.97 Å². The molecule has 0 unspecified atom stereocenters. The van der Waals surface area contributed by atoms with Gasteiger partial charge >= 0.3 is 12.0 Å². The van der Waals surface area contributed by atoms with Gasteiger partial charge in [0.25, 0.3) is 0 Å². The molecule has 0 N–H and O–H groups in total. The number of ether oxygens (including phenoxy) is 2. The number of allylic oxidation sites excluding steroid dienone is 1. The summed E-state index contributed by atoms with van der Waals surface area (Å²) in [6.45, 7) is 6.03. The minimum absolute atomic E-state index is 0.0261. The lowest BCUT2D eigenvalue weighted by atomic mass is 10.5. The van der Waals surface area contributed by atoms with Crippen LogP contribution in [0.15, 0.2) is 12.2 Å². The Hall–Kier alpha value is -1.36. The van der Waals surface area contributed by atoms with Crippen molar-refractivity contribution in [2.45, 2.75) is 26.9 Å². The van der Waals surface area contributed by atoms with Crippen molar-refractivity contribution in [3.05, 3.63) is 17.4 Å². The van der Waals surface area contributed by atoms with E-state index in [4.69, 9.17) is 21.1 Å². The lowest BCUT2D eigenvalue weighted by Gasteiger charge is -2.08. The highest BCUT2D eigenvalue weighted by molar-refractivity contribution is 6.28. The van der Waals surface area contributed by atoms with Crippen LogP contribution < -0.4 is 9.47 Å². The van der Waals surface area contributed by atoms with Crippen LogP contribution in [-0.2, 0) is 0 Å². The van der Waals surface area contributed by atoms with E-state index < -0.39 is 0 Å². The first-order chi connectivity index (χ1) is 7.61. The standard InChI is InChI=1S/C10H14ClN3O2/c1-4-5-6-15-9-12-8(11)13-10(14-9)16-7(2)3/h4-5,7H,6H2,1-3H3. The third-order valence-corrected chi connectivity index (χ3v) is 1.62. The van der Waals surface area contributed by atoms with Crippen LogP contribution in [0.3, 0.4) is 0 Å². The van der Waals surface area contributed by atoms with Crippen molar-refractivity contribution in [1.29, 1.82) is 0 Å². The van der Waals surface area contributed by atoms with Gasteiger partial charge in [0, 0.05) is 0 Å². The predicted molar refractivity (Wildman–Crippen MR) is 60.9 cm³/mol. The molecule has 0 aliphatic carbocycles. The number of hydrogen-bond acceptors (Lipinski definition) is 5. The quantitative estimate of drug-likeness (QED) is 0.743. The third kappa shape index (κ3) is 4.44. The molecule has 0 amide bonds. The van der Waals surface area contributed by atoms with Gasteiger partial charge in [-0.25, -0.2) is 0 Å². The van der Waals surface area contributed by atoms with E-state index >= 15 is 0 Å². The Morgan fingerprint density at radius 3 is 2.56 bits per heavy atom. The van der Waals surface area contributed by atoms with Gasteiger partial charge < -0.3 is 9.47 Å². The van der Waals surface area contributed by atoms with E-state index in [1.807, 2.05) is 32.9 Å². The first-order valence-electron chi connectivity index (χ1n) is 4.94. The average Bonchev–Trinajstić information content (AvgIpc) is 2.16. The maximum atomic E-state index is 5.71. The summed E-state index contributed by atoms with van der Waals surface area (Å²) in [7, 11) is 0. The van der Waals surface area contributed by atoms with Gasteiger partial charge in [-0.1, -0.05) is 12.2 Å². The minimum atomic E-state index is -0.0261. The van der Waals surface area contributed by atoms with Crippen molar-refractivity contribution in [2.24, 2.45) is 0 Å². The third-order valence-electron chi connectivity index (χ3n) is 1.45. The van der Waals surface area contributed by atoms with Crippen LogP contribution in [0.2, 0.25) is 5.28 Å². The molecule has 6 heteroatoms. The van der Waals surface area contributed by atoms with Crippen LogP contribution in [-0.4, -0.2) is 27.7 Å². The van der Waals surface area contributed by atoms with E-state index in [1.54, 1.807) is 0 Å². The zero-order chi connectivity index (χ0) is 12.0. The van der Waals surface area contributed by atoms with Gasteiger partial charge in [0.05, 0.1) is 6.10 Å². The fourth-order valence-electron chi connectivity index (χ4n) is 0.862. The Morgan fingerprint density at radius 1 is 1.25 bits per heavy atom. The molecular formula is C10H14ClN3O2. The molecule has 16 heavy (non-hydrogen) atoms. The maximum absolute atomic E-state index is 5.71. The highest BCUT2D eigenvalue weighted by Crippen LogP contribution is 2.13. The summed E-state index contributed by atoms with van der Waals surface area (Å²) < 4.78 is 10.5. The summed E-state index contributed by atoms with van der Waals surface area (Å²) in [5.41, 5.74) is 0. The summed E-state index contributed by atoms with van der Waals surface area (Å²) in [4.78, 5) is 11.6. The van der Waals surface area contributed by atoms with Gasteiger partial charge in [-0.3, -0.25) is 0 Å². The predicted octanol–water partition coefficient (Wildman–Crippen LogP) is 2.27. The molecule has 0 spiro atoms. The SMILES string of the molecule is CC=CCOc1nc(Cl)nc(OC(C)C)n1. The Bertz CT molecular complexity index is 369. The van der Waals surface area contributed by atoms with E-state index in [0.717, 1.165) is 0 Å². The van der Waals surface area contributed by atoms with E-state index in [9.17, 15) is 0 Å². The Morgan fingerprint density at radius 2 is 1.94 bits per heavy atom. The second-order valence-corrected chi connectivity index (χ2v) is 3.55. The molecule has 0 radical (unpaired) electrons. The molecule has 1 aromatic rings. The largest absolute Gasteiger partial charge is 0.461 e. The van der Waals surface area contributed by atoms with Crippen molar-refractivity contribution in [2.75, 3.05) is 6.61 Å². The highest BCUT2D eigenvalue weighted by Gasteiger charge is 2.07. The van der Waals surface area contributed by atoms with Crippen molar-refractivity contribution in [3.63, 3.8) is 0 Å². The number of aromatic nitrogens is 3. The minimum Gasteiger partial charge on any atom is -0.461 e. The van der Waals surface area contributed by atoms with E-state index in [-0.39, 0.29) is 23.4 Å². The molecule has 0 saturated carbocycles. The first-order valence-corrected chi connectivity index (χ1v) is 5.31. The average molecular weight is 244 g/mol.